The lowest BCUT2D eigenvalue weighted by Crippen LogP contribution is -2.41. The summed E-state index contributed by atoms with van der Waals surface area (Å²) in [4.78, 5) is 32.9. The molecule has 0 aliphatic rings. The van der Waals surface area contributed by atoms with Gasteiger partial charge in [0.05, 0.1) is 13.5 Å². The van der Waals surface area contributed by atoms with E-state index in [0.717, 1.165) is 6.08 Å². The standard InChI is InChI=1S/C14H15NO6/c1-21-10-4-2-3-9(7-10)5-6-12(16)15-11(14(19)20)8-13(17)18/h2-7,11H,8H2,1H3,(H,15,16)(H,17,18)(H,19,20)/b6-5+/t11-/m0/s1. The molecule has 0 spiro atoms. The fourth-order valence-corrected chi connectivity index (χ4v) is 1.51. The monoisotopic (exact) mass is 293 g/mol. The normalized spacial score (nSPS) is 11.9. The Morgan fingerprint density at radius 2 is 2.05 bits per heavy atom. The third-order valence-corrected chi connectivity index (χ3v) is 2.51. The van der Waals surface area contributed by atoms with E-state index in [2.05, 4.69) is 5.32 Å². The fourth-order valence-electron chi connectivity index (χ4n) is 1.51. The predicted octanol–water partition coefficient (Wildman–Crippen LogP) is 0.752. The molecule has 1 amide bonds. The van der Waals surface area contributed by atoms with Crippen LogP contribution in [0.5, 0.6) is 5.75 Å². The highest BCUT2D eigenvalue weighted by molar-refractivity contribution is 5.95. The van der Waals surface area contributed by atoms with Crippen molar-refractivity contribution in [2.45, 2.75) is 12.5 Å². The van der Waals surface area contributed by atoms with Gasteiger partial charge in [-0.25, -0.2) is 4.79 Å². The highest BCUT2D eigenvalue weighted by atomic mass is 16.5. The number of carboxylic acid groups (broad SMARTS) is 2. The Kier molecular flexibility index (Phi) is 5.94. The van der Waals surface area contributed by atoms with Crippen molar-refractivity contribution in [2.75, 3.05) is 7.11 Å². The van der Waals surface area contributed by atoms with E-state index >= 15 is 0 Å². The van der Waals surface area contributed by atoms with Crippen LogP contribution in [-0.4, -0.2) is 41.2 Å². The van der Waals surface area contributed by atoms with E-state index in [1.807, 2.05) is 0 Å². The number of amides is 1. The van der Waals surface area contributed by atoms with Crippen LogP contribution in [0.4, 0.5) is 0 Å². The topological polar surface area (TPSA) is 113 Å². The summed E-state index contributed by atoms with van der Waals surface area (Å²) in [5.74, 6) is -2.78. The fraction of sp³-hybridized carbons (Fsp3) is 0.214. The summed E-state index contributed by atoms with van der Waals surface area (Å²) in [6.07, 6.45) is 1.91. The summed E-state index contributed by atoms with van der Waals surface area (Å²) >= 11 is 0. The molecule has 3 N–H and O–H groups in total. The first-order valence-electron chi connectivity index (χ1n) is 5.99. The number of ether oxygens (including phenoxy) is 1. The second-order valence-electron chi connectivity index (χ2n) is 4.11. The first kappa shape index (κ1) is 16.2. The summed E-state index contributed by atoms with van der Waals surface area (Å²) < 4.78 is 5.02. The van der Waals surface area contributed by atoms with E-state index in [-0.39, 0.29) is 0 Å². The van der Waals surface area contributed by atoms with Crippen molar-refractivity contribution in [3.8, 4) is 5.75 Å². The molecule has 0 unspecified atom stereocenters. The average Bonchev–Trinajstić information content (AvgIpc) is 2.44. The number of aliphatic carboxylic acids is 2. The second kappa shape index (κ2) is 7.68. The lowest BCUT2D eigenvalue weighted by atomic mass is 10.2. The molecule has 0 radical (unpaired) electrons. The summed E-state index contributed by atoms with van der Waals surface area (Å²) in [6.45, 7) is 0. The maximum atomic E-state index is 11.6. The van der Waals surface area contributed by atoms with Crippen LogP contribution in [0.15, 0.2) is 30.3 Å². The van der Waals surface area contributed by atoms with Crippen LogP contribution in [0.25, 0.3) is 6.08 Å². The van der Waals surface area contributed by atoms with Gasteiger partial charge in [-0.05, 0) is 23.8 Å². The van der Waals surface area contributed by atoms with E-state index in [0.29, 0.717) is 11.3 Å². The lowest BCUT2D eigenvalue weighted by Gasteiger charge is -2.10. The van der Waals surface area contributed by atoms with Crippen LogP contribution in [-0.2, 0) is 14.4 Å². The molecule has 7 nitrogen and oxygen atoms in total. The summed E-state index contributed by atoms with van der Waals surface area (Å²) in [5.41, 5.74) is 0.689. The van der Waals surface area contributed by atoms with Crippen LogP contribution >= 0.6 is 0 Å². The maximum absolute atomic E-state index is 11.6. The third kappa shape index (κ3) is 5.77. The van der Waals surface area contributed by atoms with E-state index in [9.17, 15) is 14.4 Å². The molecule has 0 heterocycles. The molecule has 1 atom stereocenters. The van der Waals surface area contributed by atoms with Crippen molar-refractivity contribution in [1.29, 1.82) is 0 Å². The van der Waals surface area contributed by atoms with Gasteiger partial charge in [0.1, 0.15) is 11.8 Å². The van der Waals surface area contributed by atoms with Gasteiger partial charge in [0, 0.05) is 6.08 Å². The van der Waals surface area contributed by atoms with Gasteiger partial charge < -0.3 is 20.3 Å². The lowest BCUT2D eigenvalue weighted by molar-refractivity contribution is -0.146. The molecule has 1 aromatic rings. The molecule has 0 bridgehead atoms. The summed E-state index contributed by atoms with van der Waals surface area (Å²) in [6, 6.07) is 5.43. The Hall–Kier alpha value is -2.83. The van der Waals surface area contributed by atoms with Gasteiger partial charge in [0.15, 0.2) is 0 Å². The minimum absolute atomic E-state index is 0.617. The molecule has 0 saturated heterocycles. The number of carbonyl (C=O) groups excluding carboxylic acids is 1. The Morgan fingerprint density at radius 3 is 2.62 bits per heavy atom. The average molecular weight is 293 g/mol. The van der Waals surface area contributed by atoms with Gasteiger partial charge in [-0.3, -0.25) is 9.59 Å². The SMILES string of the molecule is COc1cccc(/C=C/C(=O)N[C@@H](CC(=O)O)C(=O)O)c1. The van der Waals surface area contributed by atoms with E-state index < -0.39 is 30.3 Å². The second-order valence-corrected chi connectivity index (χ2v) is 4.11. The third-order valence-electron chi connectivity index (χ3n) is 2.51. The predicted molar refractivity (Wildman–Crippen MR) is 73.8 cm³/mol. The van der Waals surface area contributed by atoms with Crippen molar-refractivity contribution in [2.24, 2.45) is 0 Å². The Morgan fingerprint density at radius 1 is 1.33 bits per heavy atom. The molecule has 0 aromatic heterocycles. The zero-order valence-electron chi connectivity index (χ0n) is 11.3. The van der Waals surface area contributed by atoms with Gasteiger partial charge in [-0.2, -0.15) is 0 Å². The number of hydrogen-bond donors (Lipinski definition) is 3. The van der Waals surface area contributed by atoms with Crippen LogP contribution in [0.1, 0.15) is 12.0 Å². The molecular formula is C14H15NO6. The van der Waals surface area contributed by atoms with Gasteiger partial charge in [0.2, 0.25) is 5.91 Å². The van der Waals surface area contributed by atoms with Crippen molar-refractivity contribution in [1.82, 2.24) is 5.32 Å². The van der Waals surface area contributed by atoms with Crippen LogP contribution < -0.4 is 10.1 Å². The number of methoxy groups -OCH3 is 1. The zero-order valence-corrected chi connectivity index (χ0v) is 11.3. The van der Waals surface area contributed by atoms with Gasteiger partial charge in [0.25, 0.3) is 0 Å². The highest BCUT2D eigenvalue weighted by Crippen LogP contribution is 2.13. The Bertz CT molecular complexity index is 566. The van der Waals surface area contributed by atoms with Crippen molar-refractivity contribution in [3.63, 3.8) is 0 Å². The smallest absolute Gasteiger partial charge is 0.326 e. The molecule has 0 aliphatic carbocycles. The van der Waals surface area contributed by atoms with Crippen molar-refractivity contribution in [3.05, 3.63) is 35.9 Å². The van der Waals surface area contributed by atoms with Crippen LogP contribution in [0.2, 0.25) is 0 Å². The van der Waals surface area contributed by atoms with Crippen molar-refractivity contribution < 1.29 is 29.3 Å². The van der Waals surface area contributed by atoms with Gasteiger partial charge >= 0.3 is 11.9 Å². The Labute approximate surface area is 120 Å². The number of carbonyl (C=O) groups is 3. The molecule has 1 rings (SSSR count). The molecule has 7 heteroatoms. The molecule has 0 saturated carbocycles. The van der Waals surface area contributed by atoms with Crippen LogP contribution in [0.3, 0.4) is 0 Å². The molecule has 0 aliphatic heterocycles. The minimum atomic E-state index is -1.47. The molecule has 21 heavy (non-hydrogen) atoms. The summed E-state index contributed by atoms with van der Waals surface area (Å²) in [7, 11) is 1.51. The first-order chi connectivity index (χ1) is 9.92. The number of rotatable bonds is 7. The maximum Gasteiger partial charge on any atom is 0.326 e. The van der Waals surface area contributed by atoms with E-state index in [1.54, 1.807) is 24.3 Å². The molecular weight excluding hydrogens is 278 g/mol. The molecule has 1 aromatic carbocycles. The highest BCUT2D eigenvalue weighted by Gasteiger charge is 2.21. The molecule has 112 valence electrons. The van der Waals surface area contributed by atoms with Crippen molar-refractivity contribution >= 4 is 23.9 Å². The molecule has 0 fully saturated rings. The summed E-state index contributed by atoms with van der Waals surface area (Å²) in [5, 5.41) is 19.5. The van der Waals surface area contributed by atoms with Gasteiger partial charge in [-0.15, -0.1) is 0 Å². The van der Waals surface area contributed by atoms with Crippen LogP contribution in [0, 0.1) is 0 Å². The number of hydrogen-bond acceptors (Lipinski definition) is 4. The first-order valence-corrected chi connectivity index (χ1v) is 5.99. The van der Waals surface area contributed by atoms with E-state index in [1.165, 1.54) is 13.2 Å². The largest absolute Gasteiger partial charge is 0.497 e. The number of benzene rings is 1. The Balaban J connectivity index is 2.68. The zero-order chi connectivity index (χ0) is 15.8. The van der Waals surface area contributed by atoms with E-state index in [4.69, 9.17) is 14.9 Å². The number of carboxylic acids is 2. The quantitative estimate of drug-likeness (QED) is 0.639. The minimum Gasteiger partial charge on any atom is -0.497 e. The van der Waals surface area contributed by atoms with Gasteiger partial charge in [-0.1, -0.05) is 12.1 Å². The number of nitrogens with one attached hydrogen (secondary N) is 1.